The van der Waals surface area contributed by atoms with Gasteiger partial charge >= 0.3 is 0 Å². The first-order chi connectivity index (χ1) is 9.60. The van der Waals surface area contributed by atoms with Gasteiger partial charge in [-0.3, -0.25) is 4.79 Å². The Labute approximate surface area is 123 Å². The highest BCUT2D eigenvalue weighted by atomic mass is 35.5. The molecule has 0 aliphatic heterocycles. The molecule has 1 aromatic heterocycles. The number of nitrogens with one attached hydrogen (secondary N) is 1. The molecule has 6 nitrogen and oxygen atoms in total. The summed E-state index contributed by atoms with van der Waals surface area (Å²) < 4.78 is 6.19. The Morgan fingerprint density at radius 2 is 2.35 bits per heavy atom. The summed E-state index contributed by atoms with van der Waals surface area (Å²) >= 11 is 5.98. The van der Waals surface area contributed by atoms with Crippen molar-refractivity contribution < 1.29 is 4.74 Å². The van der Waals surface area contributed by atoms with Crippen LogP contribution in [-0.2, 0) is 11.3 Å². The first-order valence-electron chi connectivity index (χ1n) is 6.20. The molecular formula is C13H19ClN4O2. The van der Waals surface area contributed by atoms with Crippen LogP contribution in [0, 0.1) is 12.3 Å². The predicted octanol–water partition coefficient (Wildman–Crippen LogP) is 0.520. The summed E-state index contributed by atoms with van der Waals surface area (Å²) in [6, 6.07) is 0. The van der Waals surface area contributed by atoms with E-state index in [1.807, 2.05) is 7.05 Å². The third-order valence-corrected chi connectivity index (χ3v) is 3.00. The highest BCUT2D eigenvalue weighted by Gasteiger charge is 2.09. The minimum Gasteiger partial charge on any atom is -0.383 e. The molecule has 1 aromatic rings. The SMILES string of the molecule is C#CCn1ncc(Cl)c(NCCN(C)CCOC)c1=O. The second-order valence-electron chi connectivity index (χ2n) is 4.26. The van der Waals surface area contributed by atoms with E-state index in [-0.39, 0.29) is 12.1 Å². The summed E-state index contributed by atoms with van der Waals surface area (Å²) in [4.78, 5) is 14.1. The van der Waals surface area contributed by atoms with Gasteiger partial charge in [-0.1, -0.05) is 17.5 Å². The molecule has 0 aliphatic carbocycles. The Balaban J connectivity index is 2.62. The maximum absolute atomic E-state index is 12.1. The molecule has 1 heterocycles. The number of rotatable bonds is 8. The van der Waals surface area contributed by atoms with Gasteiger partial charge in [0.05, 0.1) is 17.8 Å². The Hall–Kier alpha value is -1.55. The molecule has 0 aliphatic rings. The summed E-state index contributed by atoms with van der Waals surface area (Å²) in [6.45, 7) is 2.97. The number of hydrogen-bond donors (Lipinski definition) is 1. The number of methoxy groups -OCH3 is 1. The van der Waals surface area contributed by atoms with E-state index < -0.39 is 0 Å². The van der Waals surface area contributed by atoms with Crippen molar-refractivity contribution in [2.75, 3.05) is 45.7 Å². The number of hydrogen-bond acceptors (Lipinski definition) is 5. The highest BCUT2D eigenvalue weighted by molar-refractivity contribution is 6.32. The minimum absolute atomic E-state index is 0.123. The van der Waals surface area contributed by atoms with Gasteiger partial charge in [-0.25, -0.2) is 4.68 Å². The van der Waals surface area contributed by atoms with Crippen LogP contribution in [0.15, 0.2) is 11.0 Å². The van der Waals surface area contributed by atoms with E-state index in [9.17, 15) is 4.79 Å². The van der Waals surface area contributed by atoms with Crippen LogP contribution < -0.4 is 10.9 Å². The number of likely N-dealkylation sites (N-methyl/N-ethyl adjacent to an activating group) is 1. The molecule has 1 N–H and O–H groups in total. The van der Waals surface area contributed by atoms with E-state index in [2.05, 4.69) is 21.2 Å². The molecule has 7 heteroatoms. The second-order valence-corrected chi connectivity index (χ2v) is 4.66. The first kappa shape index (κ1) is 16.5. The number of halogens is 1. The lowest BCUT2D eigenvalue weighted by Crippen LogP contribution is -2.31. The molecule has 0 fully saturated rings. The monoisotopic (exact) mass is 298 g/mol. The van der Waals surface area contributed by atoms with Crippen molar-refractivity contribution >= 4 is 17.3 Å². The molecule has 1 rings (SSSR count). The van der Waals surface area contributed by atoms with Crippen LogP contribution in [-0.4, -0.2) is 55.1 Å². The Morgan fingerprint density at radius 3 is 3.00 bits per heavy atom. The molecule has 0 spiro atoms. The third kappa shape index (κ3) is 4.85. The first-order valence-corrected chi connectivity index (χ1v) is 6.58. The predicted molar refractivity (Wildman–Crippen MR) is 80.2 cm³/mol. The van der Waals surface area contributed by atoms with E-state index in [4.69, 9.17) is 22.8 Å². The smallest absolute Gasteiger partial charge is 0.292 e. The Morgan fingerprint density at radius 1 is 1.60 bits per heavy atom. The number of nitrogens with zero attached hydrogens (tertiary/aromatic N) is 3. The lowest BCUT2D eigenvalue weighted by molar-refractivity contribution is 0.163. The summed E-state index contributed by atoms with van der Waals surface area (Å²) in [5, 5.41) is 7.20. The van der Waals surface area contributed by atoms with Crippen molar-refractivity contribution in [3.63, 3.8) is 0 Å². The lowest BCUT2D eigenvalue weighted by atomic mass is 10.4. The average molecular weight is 299 g/mol. The van der Waals surface area contributed by atoms with Crippen LogP contribution >= 0.6 is 11.6 Å². The molecule has 0 unspecified atom stereocenters. The van der Waals surface area contributed by atoms with Gasteiger partial charge in [0, 0.05) is 26.7 Å². The van der Waals surface area contributed by atoms with E-state index in [0.717, 1.165) is 13.1 Å². The number of anilines is 1. The zero-order valence-electron chi connectivity index (χ0n) is 11.7. The molecule has 0 saturated heterocycles. The minimum atomic E-state index is -0.310. The Kier molecular flexibility index (Phi) is 7.09. The van der Waals surface area contributed by atoms with Gasteiger partial charge in [0.15, 0.2) is 0 Å². The van der Waals surface area contributed by atoms with Crippen LogP contribution in [0.2, 0.25) is 5.02 Å². The molecule has 0 radical (unpaired) electrons. The van der Waals surface area contributed by atoms with Gasteiger partial charge < -0.3 is 15.0 Å². The largest absolute Gasteiger partial charge is 0.383 e. The van der Waals surface area contributed by atoms with Crippen LogP contribution in [0.1, 0.15) is 0 Å². The third-order valence-electron chi connectivity index (χ3n) is 2.71. The average Bonchev–Trinajstić information content (AvgIpc) is 2.43. The fourth-order valence-corrected chi connectivity index (χ4v) is 1.75. The molecule has 0 bridgehead atoms. The summed E-state index contributed by atoms with van der Waals surface area (Å²) in [6.07, 6.45) is 6.60. The summed E-state index contributed by atoms with van der Waals surface area (Å²) in [5.74, 6) is 2.38. The quantitative estimate of drug-likeness (QED) is 0.709. The number of terminal acetylenes is 1. The van der Waals surface area contributed by atoms with Gasteiger partial charge in [-0.2, -0.15) is 5.10 Å². The number of aromatic nitrogens is 2. The summed E-state index contributed by atoms with van der Waals surface area (Å²) in [5.41, 5.74) is 0.0204. The summed E-state index contributed by atoms with van der Waals surface area (Å²) in [7, 11) is 3.64. The second kappa shape index (κ2) is 8.59. The molecule has 0 amide bonds. The van der Waals surface area contributed by atoms with Crippen molar-refractivity contribution in [1.29, 1.82) is 0 Å². The molecule has 110 valence electrons. The lowest BCUT2D eigenvalue weighted by Gasteiger charge is -2.17. The number of ether oxygens (including phenoxy) is 1. The van der Waals surface area contributed by atoms with Crippen molar-refractivity contribution in [2.24, 2.45) is 0 Å². The zero-order chi connectivity index (χ0) is 15.0. The van der Waals surface area contributed by atoms with Gasteiger partial charge in [0.1, 0.15) is 12.2 Å². The van der Waals surface area contributed by atoms with Crippen molar-refractivity contribution in [2.45, 2.75) is 6.54 Å². The zero-order valence-corrected chi connectivity index (χ0v) is 12.5. The van der Waals surface area contributed by atoms with E-state index in [1.165, 1.54) is 10.9 Å². The molecule has 0 saturated carbocycles. The highest BCUT2D eigenvalue weighted by Crippen LogP contribution is 2.14. The fourth-order valence-electron chi connectivity index (χ4n) is 1.56. The van der Waals surface area contributed by atoms with Crippen LogP contribution in [0.3, 0.4) is 0 Å². The maximum Gasteiger partial charge on any atom is 0.292 e. The van der Waals surface area contributed by atoms with Gasteiger partial charge in [0.25, 0.3) is 5.56 Å². The van der Waals surface area contributed by atoms with Crippen LogP contribution in [0.4, 0.5) is 5.69 Å². The molecule has 0 aromatic carbocycles. The molecule has 0 atom stereocenters. The van der Waals surface area contributed by atoms with Crippen molar-refractivity contribution in [3.05, 3.63) is 21.6 Å². The van der Waals surface area contributed by atoms with Crippen molar-refractivity contribution in [3.8, 4) is 12.3 Å². The maximum atomic E-state index is 12.1. The van der Waals surface area contributed by atoms with Crippen LogP contribution in [0.25, 0.3) is 0 Å². The van der Waals surface area contributed by atoms with E-state index in [1.54, 1.807) is 7.11 Å². The molecule has 20 heavy (non-hydrogen) atoms. The van der Waals surface area contributed by atoms with Gasteiger partial charge in [0.2, 0.25) is 0 Å². The Bertz CT molecular complexity index is 524. The van der Waals surface area contributed by atoms with E-state index >= 15 is 0 Å². The van der Waals surface area contributed by atoms with Crippen LogP contribution in [0.5, 0.6) is 0 Å². The van der Waals surface area contributed by atoms with Gasteiger partial charge in [-0.15, -0.1) is 6.42 Å². The van der Waals surface area contributed by atoms with Gasteiger partial charge in [-0.05, 0) is 7.05 Å². The molecular weight excluding hydrogens is 280 g/mol. The van der Waals surface area contributed by atoms with E-state index in [0.29, 0.717) is 23.9 Å². The standard InChI is InChI=1S/C13H19ClN4O2/c1-4-6-18-13(19)12(11(14)10-16-18)15-5-7-17(2)8-9-20-3/h1,10,15H,5-9H2,2-3H3. The topological polar surface area (TPSA) is 59.4 Å². The normalized spacial score (nSPS) is 10.6. The fraction of sp³-hybridized carbons (Fsp3) is 0.538. The van der Waals surface area contributed by atoms with Crippen molar-refractivity contribution in [1.82, 2.24) is 14.7 Å².